The fourth-order valence-electron chi connectivity index (χ4n) is 3.78. The van der Waals surface area contributed by atoms with Gasteiger partial charge >= 0.3 is 0 Å². The maximum atomic E-state index is 6.18. The van der Waals surface area contributed by atoms with E-state index in [1.54, 1.807) is 0 Å². The van der Waals surface area contributed by atoms with Crippen LogP contribution in [-0.4, -0.2) is 6.54 Å². The monoisotopic (exact) mass is 293 g/mol. The Balaban J connectivity index is 2.26. The normalized spacial score (nSPS) is 24.6. The second-order valence-corrected chi connectivity index (χ2v) is 6.57. The van der Waals surface area contributed by atoms with Gasteiger partial charge in [0, 0.05) is 11.1 Å². The molecule has 0 aromatic heterocycles. The zero-order valence-corrected chi connectivity index (χ0v) is 13.8. The molecule has 0 bridgehead atoms. The van der Waals surface area contributed by atoms with Crippen LogP contribution in [0.5, 0.6) is 0 Å². The van der Waals surface area contributed by atoms with Crippen LogP contribution in [0.4, 0.5) is 0 Å². The molecule has 1 N–H and O–H groups in total. The van der Waals surface area contributed by atoms with E-state index in [2.05, 4.69) is 44.3 Å². The lowest BCUT2D eigenvalue weighted by Crippen LogP contribution is -2.34. The number of hydrogen-bond donors (Lipinski definition) is 1. The molecule has 1 aromatic rings. The predicted molar refractivity (Wildman–Crippen MR) is 88.3 cm³/mol. The second kappa shape index (κ2) is 7.47. The molecular formula is C18H28ClN. The highest BCUT2D eigenvalue weighted by Gasteiger charge is 2.31. The van der Waals surface area contributed by atoms with Crippen molar-refractivity contribution in [3.8, 4) is 0 Å². The second-order valence-electron chi connectivity index (χ2n) is 6.16. The van der Waals surface area contributed by atoms with Crippen LogP contribution in [0.25, 0.3) is 0 Å². The minimum Gasteiger partial charge on any atom is -0.310 e. The summed E-state index contributed by atoms with van der Waals surface area (Å²) in [4.78, 5) is 0. The van der Waals surface area contributed by atoms with Crippen molar-refractivity contribution in [2.24, 2.45) is 11.8 Å². The molecule has 0 aliphatic heterocycles. The van der Waals surface area contributed by atoms with Crippen LogP contribution < -0.4 is 5.32 Å². The van der Waals surface area contributed by atoms with E-state index in [-0.39, 0.29) is 0 Å². The molecule has 3 unspecified atom stereocenters. The van der Waals surface area contributed by atoms with E-state index in [1.165, 1.54) is 43.2 Å². The molecule has 1 aliphatic rings. The quantitative estimate of drug-likeness (QED) is 0.754. The average molecular weight is 294 g/mol. The molecule has 1 nitrogen and oxygen atoms in total. The van der Waals surface area contributed by atoms with Gasteiger partial charge in [0.05, 0.1) is 0 Å². The van der Waals surface area contributed by atoms with Crippen LogP contribution in [0.15, 0.2) is 18.2 Å². The molecule has 20 heavy (non-hydrogen) atoms. The van der Waals surface area contributed by atoms with E-state index in [9.17, 15) is 0 Å². The van der Waals surface area contributed by atoms with Crippen molar-refractivity contribution < 1.29 is 0 Å². The average Bonchev–Trinajstić information content (AvgIpc) is 2.48. The standard InChI is InChI=1S/C18H28ClN/c1-4-14-8-6-7-9-16(14)18(20-5-2)15-10-11-17(19)13(3)12-15/h10-12,14,16,18,20H,4-9H2,1-3H3. The predicted octanol–water partition coefficient (Wildman–Crippen LogP) is 5.52. The Morgan fingerprint density at radius 2 is 2.00 bits per heavy atom. The summed E-state index contributed by atoms with van der Waals surface area (Å²) < 4.78 is 0. The van der Waals surface area contributed by atoms with E-state index in [0.29, 0.717) is 6.04 Å². The Morgan fingerprint density at radius 1 is 1.25 bits per heavy atom. The van der Waals surface area contributed by atoms with Crippen molar-refractivity contribution in [2.45, 2.75) is 58.9 Å². The largest absolute Gasteiger partial charge is 0.310 e. The topological polar surface area (TPSA) is 12.0 Å². The van der Waals surface area contributed by atoms with E-state index >= 15 is 0 Å². The fraction of sp³-hybridized carbons (Fsp3) is 0.667. The third kappa shape index (κ3) is 3.56. The maximum Gasteiger partial charge on any atom is 0.0435 e. The summed E-state index contributed by atoms with van der Waals surface area (Å²) in [5.41, 5.74) is 2.61. The summed E-state index contributed by atoms with van der Waals surface area (Å²) in [7, 11) is 0. The van der Waals surface area contributed by atoms with Gasteiger partial charge in [-0.15, -0.1) is 0 Å². The molecule has 2 rings (SSSR count). The first kappa shape index (κ1) is 15.9. The number of halogens is 1. The third-order valence-corrected chi connectivity index (χ3v) is 5.31. The molecule has 0 spiro atoms. The van der Waals surface area contributed by atoms with E-state index in [1.807, 2.05) is 0 Å². The van der Waals surface area contributed by atoms with Gasteiger partial charge < -0.3 is 5.32 Å². The summed E-state index contributed by atoms with van der Waals surface area (Å²) in [5.74, 6) is 1.64. The number of hydrogen-bond acceptors (Lipinski definition) is 1. The Morgan fingerprint density at radius 3 is 2.65 bits per heavy atom. The van der Waals surface area contributed by atoms with Gasteiger partial charge in [-0.25, -0.2) is 0 Å². The Bertz CT molecular complexity index is 429. The summed E-state index contributed by atoms with van der Waals surface area (Å²) in [6.45, 7) is 7.69. The molecule has 1 aliphatic carbocycles. The van der Waals surface area contributed by atoms with Gasteiger partial charge in [0.15, 0.2) is 0 Å². The zero-order chi connectivity index (χ0) is 14.5. The van der Waals surface area contributed by atoms with Gasteiger partial charge in [-0.3, -0.25) is 0 Å². The minimum atomic E-state index is 0.487. The zero-order valence-electron chi connectivity index (χ0n) is 13.1. The molecular weight excluding hydrogens is 266 g/mol. The van der Waals surface area contributed by atoms with Crippen molar-refractivity contribution in [1.82, 2.24) is 5.32 Å². The van der Waals surface area contributed by atoms with E-state index < -0.39 is 0 Å². The van der Waals surface area contributed by atoms with Crippen molar-refractivity contribution in [1.29, 1.82) is 0 Å². The van der Waals surface area contributed by atoms with E-state index in [0.717, 1.165) is 23.4 Å². The highest BCUT2D eigenvalue weighted by Crippen LogP contribution is 2.40. The number of aryl methyl sites for hydroxylation is 1. The summed E-state index contributed by atoms with van der Waals surface area (Å²) in [6, 6.07) is 7.03. The SMILES string of the molecule is CCNC(c1ccc(Cl)c(C)c1)C1CCCCC1CC. The molecule has 0 saturated heterocycles. The van der Waals surface area contributed by atoms with Crippen LogP contribution in [0.1, 0.15) is 63.1 Å². The summed E-state index contributed by atoms with van der Waals surface area (Å²) in [6.07, 6.45) is 6.86. The van der Waals surface area contributed by atoms with Crippen molar-refractivity contribution in [2.75, 3.05) is 6.54 Å². The Labute approximate surface area is 129 Å². The molecule has 1 saturated carbocycles. The molecule has 1 aromatic carbocycles. The van der Waals surface area contributed by atoms with Crippen LogP contribution in [-0.2, 0) is 0 Å². The van der Waals surface area contributed by atoms with Crippen LogP contribution in [0.3, 0.4) is 0 Å². The summed E-state index contributed by atoms with van der Waals surface area (Å²) >= 11 is 6.18. The first-order chi connectivity index (χ1) is 9.67. The highest BCUT2D eigenvalue weighted by atomic mass is 35.5. The van der Waals surface area contributed by atoms with Gasteiger partial charge in [0.1, 0.15) is 0 Å². The number of rotatable bonds is 5. The van der Waals surface area contributed by atoms with Crippen molar-refractivity contribution in [3.05, 3.63) is 34.3 Å². The minimum absolute atomic E-state index is 0.487. The third-order valence-electron chi connectivity index (χ3n) is 4.89. The fourth-order valence-corrected chi connectivity index (χ4v) is 3.90. The Hall–Kier alpha value is -0.530. The maximum absolute atomic E-state index is 6.18. The van der Waals surface area contributed by atoms with Gasteiger partial charge in [0.25, 0.3) is 0 Å². The molecule has 3 atom stereocenters. The van der Waals surface area contributed by atoms with Gasteiger partial charge in [0.2, 0.25) is 0 Å². The van der Waals surface area contributed by atoms with Crippen molar-refractivity contribution >= 4 is 11.6 Å². The first-order valence-corrected chi connectivity index (χ1v) is 8.54. The summed E-state index contributed by atoms with van der Waals surface area (Å²) in [5, 5.41) is 4.61. The number of nitrogens with one attached hydrogen (secondary N) is 1. The number of benzene rings is 1. The lowest BCUT2D eigenvalue weighted by molar-refractivity contribution is 0.176. The molecule has 0 radical (unpaired) electrons. The smallest absolute Gasteiger partial charge is 0.0435 e. The van der Waals surface area contributed by atoms with Gasteiger partial charge in [-0.2, -0.15) is 0 Å². The lowest BCUT2D eigenvalue weighted by Gasteiger charge is -2.37. The Kier molecular flexibility index (Phi) is 5.92. The molecule has 1 fully saturated rings. The van der Waals surface area contributed by atoms with Crippen molar-refractivity contribution in [3.63, 3.8) is 0 Å². The molecule has 0 heterocycles. The molecule has 0 amide bonds. The van der Waals surface area contributed by atoms with Crippen LogP contribution in [0, 0.1) is 18.8 Å². The lowest BCUT2D eigenvalue weighted by atomic mass is 9.72. The van der Waals surface area contributed by atoms with Crippen LogP contribution in [0.2, 0.25) is 5.02 Å². The van der Waals surface area contributed by atoms with Gasteiger partial charge in [-0.05, 0) is 48.9 Å². The van der Waals surface area contributed by atoms with E-state index in [4.69, 9.17) is 11.6 Å². The molecule has 2 heteroatoms. The van der Waals surface area contributed by atoms with Crippen LogP contribution >= 0.6 is 11.6 Å². The first-order valence-electron chi connectivity index (χ1n) is 8.16. The highest BCUT2D eigenvalue weighted by molar-refractivity contribution is 6.31. The molecule has 112 valence electrons. The van der Waals surface area contributed by atoms with Gasteiger partial charge in [-0.1, -0.05) is 63.3 Å².